The van der Waals surface area contributed by atoms with Crippen LogP contribution in [0.15, 0.2) is 12.2 Å². The van der Waals surface area contributed by atoms with Gasteiger partial charge in [0.1, 0.15) is 0 Å². The van der Waals surface area contributed by atoms with Crippen LogP contribution in [0.25, 0.3) is 0 Å². The van der Waals surface area contributed by atoms with E-state index in [0.717, 1.165) is 6.42 Å². The van der Waals surface area contributed by atoms with Gasteiger partial charge >= 0.3 is 0 Å². The second-order valence-electron chi connectivity index (χ2n) is 4.97. The zero-order chi connectivity index (χ0) is 10.6. The van der Waals surface area contributed by atoms with Crippen LogP contribution >= 0.6 is 0 Å². The van der Waals surface area contributed by atoms with E-state index < -0.39 is 8.32 Å². The van der Waals surface area contributed by atoms with Gasteiger partial charge in [-0.25, -0.2) is 0 Å². The minimum Gasteiger partial charge on any atom is -0.409 e. The van der Waals surface area contributed by atoms with Crippen molar-refractivity contribution in [2.45, 2.75) is 46.8 Å². The van der Waals surface area contributed by atoms with Crippen LogP contribution in [0, 0.1) is 12.0 Å². The van der Waals surface area contributed by atoms with Gasteiger partial charge in [0.25, 0.3) is 0 Å². The molecule has 0 aliphatic heterocycles. The molecule has 1 radical (unpaired) electrons. The van der Waals surface area contributed by atoms with Crippen molar-refractivity contribution in [1.82, 2.24) is 0 Å². The van der Waals surface area contributed by atoms with Crippen molar-refractivity contribution in [2.75, 3.05) is 0 Å². The summed E-state index contributed by atoms with van der Waals surface area (Å²) in [7, 11) is -1.43. The fourth-order valence-corrected chi connectivity index (χ4v) is 2.14. The van der Waals surface area contributed by atoms with Gasteiger partial charge in [-0.15, -0.1) is 6.58 Å². The molecule has 0 amide bonds. The van der Waals surface area contributed by atoms with Crippen molar-refractivity contribution in [2.24, 2.45) is 5.92 Å². The van der Waals surface area contributed by atoms with E-state index >= 15 is 0 Å². The van der Waals surface area contributed by atoms with Crippen LogP contribution in [0.3, 0.4) is 0 Å². The molecule has 2 heteroatoms. The molecule has 0 aliphatic carbocycles. The lowest BCUT2D eigenvalue weighted by atomic mass is 10.0. The monoisotopic (exact) mass is 199 g/mol. The Morgan fingerprint density at radius 1 is 1.31 bits per heavy atom. The highest BCUT2D eigenvalue weighted by molar-refractivity contribution is 6.69. The van der Waals surface area contributed by atoms with Crippen LogP contribution in [-0.2, 0) is 4.43 Å². The molecule has 0 atom stereocenters. The van der Waals surface area contributed by atoms with Gasteiger partial charge in [-0.3, -0.25) is 0 Å². The molecule has 0 saturated heterocycles. The zero-order valence-electron chi connectivity index (χ0n) is 9.90. The molecular weight excluding hydrogens is 176 g/mol. The number of hydrogen-bond acceptors (Lipinski definition) is 1. The van der Waals surface area contributed by atoms with Gasteiger partial charge < -0.3 is 4.43 Å². The lowest BCUT2D eigenvalue weighted by molar-refractivity contribution is 0.256. The second kappa shape index (κ2) is 4.96. The fourth-order valence-electron chi connectivity index (χ4n) is 1.05. The van der Waals surface area contributed by atoms with Crippen LogP contribution < -0.4 is 0 Å². The molecule has 0 N–H and O–H groups in total. The third-order valence-electron chi connectivity index (χ3n) is 1.56. The molecule has 77 valence electrons. The summed E-state index contributed by atoms with van der Waals surface area (Å²) in [6.07, 6.45) is 2.12. The molecule has 0 saturated carbocycles. The molecule has 0 heterocycles. The van der Waals surface area contributed by atoms with E-state index in [0.29, 0.717) is 5.92 Å². The zero-order valence-corrected chi connectivity index (χ0v) is 10.9. The van der Waals surface area contributed by atoms with Gasteiger partial charge in [-0.1, -0.05) is 19.4 Å². The maximum absolute atomic E-state index is 6.00. The second-order valence-corrected chi connectivity index (χ2v) is 9.40. The van der Waals surface area contributed by atoms with Crippen molar-refractivity contribution in [3.8, 4) is 0 Å². The molecule has 1 nitrogen and oxygen atoms in total. The largest absolute Gasteiger partial charge is 0.409 e. The summed E-state index contributed by atoms with van der Waals surface area (Å²) in [5, 5.41) is 0. The SMILES string of the molecule is C=C(C)C[C](O[Si](C)(C)C)C(C)C. The first kappa shape index (κ1) is 12.9. The van der Waals surface area contributed by atoms with E-state index in [9.17, 15) is 0 Å². The van der Waals surface area contributed by atoms with Crippen LogP contribution in [0.1, 0.15) is 27.2 Å². The fraction of sp³-hybridized carbons (Fsp3) is 0.727. The van der Waals surface area contributed by atoms with E-state index in [2.05, 4.69) is 47.0 Å². The molecule has 0 aliphatic rings. The highest BCUT2D eigenvalue weighted by Gasteiger charge is 2.24. The lowest BCUT2D eigenvalue weighted by Gasteiger charge is -2.28. The molecule has 0 unspecified atom stereocenters. The molecule has 0 bridgehead atoms. The van der Waals surface area contributed by atoms with E-state index in [1.807, 2.05) is 0 Å². The smallest absolute Gasteiger partial charge is 0.184 e. The Kier molecular flexibility index (Phi) is 4.93. The summed E-state index contributed by atoms with van der Waals surface area (Å²) in [5.74, 6) is 0.503. The Morgan fingerprint density at radius 2 is 1.77 bits per heavy atom. The normalized spacial score (nSPS) is 12.6. The Hall–Kier alpha value is -0.0831. The lowest BCUT2D eigenvalue weighted by Crippen LogP contribution is -2.30. The van der Waals surface area contributed by atoms with Crippen LogP contribution in [0.4, 0.5) is 0 Å². The minimum absolute atomic E-state index is 0.503. The van der Waals surface area contributed by atoms with E-state index in [1.165, 1.54) is 11.7 Å². The first-order chi connectivity index (χ1) is 5.72. The van der Waals surface area contributed by atoms with Crippen molar-refractivity contribution in [1.29, 1.82) is 0 Å². The summed E-state index contributed by atoms with van der Waals surface area (Å²) in [6, 6.07) is 0. The molecule has 13 heavy (non-hydrogen) atoms. The van der Waals surface area contributed by atoms with Gasteiger partial charge in [0.2, 0.25) is 0 Å². The Bertz CT molecular complexity index is 167. The van der Waals surface area contributed by atoms with Gasteiger partial charge in [0.15, 0.2) is 8.32 Å². The van der Waals surface area contributed by atoms with E-state index in [1.54, 1.807) is 0 Å². The third-order valence-corrected chi connectivity index (χ3v) is 2.43. The van der Waals surface area contributed by atoms with Crippen molar-refractivity contribution < 1.29 is 4.43 Å². The van der Waals surface area contributed by atoms with Gasteiger partial charge in [-0.2, -0.15) is 0 Å². The summed E-state index contributed by atoms with van der Waals surface area (Å²) in [4.78, 5) is 0. The molecule has 0 aromatic heterocycles. The molecular formula is C11H23OSi. The Morgan fingerprint density at radius 3 is 2.00 bits per heavy atom. The predicted molar refractivity (Wildman–Crippen MR) is 61.9 cm³/mol. The first-order valence-electron chi connectivity index (χ1n) is 4.91. The summed E-state index contributed by atoms with van der Waals surface area (Å²) < 4.78 is 6.00. The van der Waals surface area contributed by atoms with E-state index in [-0.39, 0.29) is 0 Å². The maximum atomic E-state index is 6.00. The molecule has 0 spiro atoms. The Labute approximate surface area is 84.3 Å². The average molecular weight is 199 g/mol. The summed E-state index contributed by atoms with van der Waals surface area (Å²) >= 11 is 0. The maximum Gasteiger partial charge on any atom is 0.184 e. The minimum atomic E-state index is -1.43. The highest BCUT2D eigenvalue weighted by Crippen LogP contribution is 2.26. The quantitative estimate of drug-likeness (QED) is 0.480. The highest BCUT2D eigenvalue weighted by atomic mass is 28.4. The summed E-state index contributed by atoms with van der Waals surface area (Å²) in [5.41, 5.74) is 1.18. The number of hydrogen-bond donors (Lipinski definition) is 0. The predicted octanol–water partition coefficient (Wildman–Crippen LogP) is 3.99. The van der Waals surface area contributed by atoms with Gasteiger partial charge in [0, 0.05) is 0 Å². The van der Waals surface area contributed by atoms with Gasteiger partial charge in [-0.05, 0) is 38.9 Å². The van der Waals surface area contributed by atoms with Crippen molar-refractivity contribution >= 4 is 8.32 Å². The first-order valence-corrected chi connectivity index (χ1v) is 8.32. The van der Waals surface area contributed by atoms with Crippen LogP contribution in [0.2, 0.25) is 19.6 Å². The Balaban J connectivity index is 4.19. The third kappa shape index (κ3) is 7.02. The van der Waals surface area contributed by atoms with Crippen molar-refractivity contribution in [3.05, 3.63) is 18.3 Å². The average Bonchev–Trinajstić information content (AvgIpc) is 1.81. The van der Waals surface area contributed by atoms with Crippen LogP contribution in [-0.4, -0.2) is 8.32 Å². The standard InChI is InChI=1S/C11H23OSi/c1-9(2)8-11(10(3)4)12-13(5,6)7/h10H,1,8H2,2-7H3. The molecule has 0 aromatic rings. The topological polar surface area (TPSA) is 9.23 Å². The van der Waals surface area contributed by atoms with Gasteiger partial charge in [0.05, 0.1) is 6.10 Å². The van der Waals surface area contributed by atoms with Crippen LogP contribution in [0.5, 0.6) is 0 Å². The molecule has 0 aromatic carbocycles. The van der Waals surface area contributed by atoms with E-state index in [4.69, 9.17) is 4.43 Å². The summed E-state index contributed by atoms with van der Waals surface area (Å²) in [6.45, 7) is 17.0. The number of rotatable bonds is 5. The molecule has 0 fully saturated rings. The van der Waals surface area contributed by atoms with Crippen molar-refractivity contribution in [3.63, 3.8) is 0 Å². The molecule has 0 rings (SSSR count).